The fourth-order valence-electron chi connectivity index (χ4n) is 3.59. The van der Waals surface area contributed by atoms with Crippen LogP contribution in [-0.2, 0) is 0 Å². The molecule has 2 aliphatic carbocycles. The number of aromatic nitrogens is 1. The summed E-state index contributed by atoms with van der Waals surface area (Å²) >= 11 is 1.52. The normalized spacial score (nSPS) is 20.8. The SMILES string of the molecule is Cc1nc(NC2CCCCC2)sc1C(=O)NC1CCCCC1. The van der Waals surface area contributed by atoms with Gasteiger partial charge in [0.25, 0.3) is 5.91 Å². The summed E-state index contributed by atoms with van der Waals surface area (Å²) in [6.45, 7) is 1.94. The first-order chi connectivity index (χ1) is 10.7. The maximum Gasteiger partial charge on any atom is 0.263 e. The zero-order valence-electron chi connectivity index (χ0n) is 13.5. The van der Waals surface area contributed by atoms with Crippen molar-refractivity contribution in [2.75, 3.05) is 5.32 Å². The van der Waals surface area contributed by atoms with Crippen LogP contribution < -0.4 is 10.6 Å². The molecule has 0 bridgehead atoms. The summed E-state index contributed by atoms with van der Waals surface area (Å²) in [4.78, 5) is 17.8. The molecule has 0 unspecified atom stereocenters. The van der Waals surface area contributed by atoms with Crippen LogP contribution in [0.3, 0.4) is 0 Å². The van der Waals surface area contributed by atoms with Gasteiger partial charge in [0, 0.05) is 12.1 Å². The van der Waals surface area contributed by atoms with E-state index in [-0.39, 0.29) is 5.91 Å². The van der Waals surface area contributed by atoms with Crippen molar-refractivity contribution in [1.82, 2.24) is 10.3 Å². The average Bonchev–Trinajstić information content (AvgIpc) is 2.90. The number of nitrogens with zero attached hydrogens (tertiary/aromatic N) is 1. The molecule has 1 aromatic heterocycles. The van der Waals surface area contributed by atoms with Crippen LogP contribution in [0.25, 0.3) is 0 Å². The summed E-state index contributed by atoms with van der Waals surface area (Å²) in [6, 6.07) is 0.894. The van der Waals surface area contributed by atoms with E-state index in [1.165, 1.54) is 62.7 Å². The van der Waals surface area contributed by atoms with Crippen molar-refractivity contribution in [3.8, 4) is 0 Å². The maximum absolute atomic E-state index is 12.5. The summed E-state index contributed by atoms with van der Waals surface area (Å²) in [5.74, 6) is 0.0681. The minimum Gasteiger partial charge on any atom is -0.359 e. The van der Waals surface area contributed by atoms with Gasteiger partial charge < -0.3 is 10.6 Å². The number of hydrogen-bond acceptors (Lipinski definition) is 4. The Morgan fingerprint density at radius 1 is 1.00 bits per heavy atom. The lowest BCUT2D eigenvalue weighted by molar-refractivity contribution is 0.0931. The molecule has 5 heteroatoms. The standard InChI is InChI=1S/C17H27N3OS/c1-12-15(16(21)19-13-8-4-2-5-9-13)22-17(18-12)20-14-10-6-3-7-11-14/h13-14H,2-11H2,1H3,(H,18,20)(H,19,21). The van der Waals surface area contributed by atoms with Crippen LogP contribution in [0.4, 0.5) is 5.13 Å². The third-order valence-corrected chi connectivity index (χ3v) is 5.96. The monoisotopic (exact) mass is 321 g/mol. The number of aryl methyl sites for hydroxylation is 1. The first-order valence-electron chi connectivity index (χ1n) is 8.77. The van der Waals surface area contributed by atoms with Crippen molar-refractivity contribution in [2.24, 2.45) is 0 Å². The number of amides is 1. The molecule has 2 N–H and O–H groups in total. The third-order valence-electron chi connectivity index (χ3n) is 4.88. The number of rotatable bonds is 4. The van der Waals surface area contributed by atoms with Crippen LogP contribution in [0.15, 0.2) is 0 Å². The lowest BCUT2D eigenvalue weighted by Crippen LogP contribution is -2.36. The van der Waals surface area contributed by atoms with Gasteiger partial charge in [-0.2, -0.15) is 0 Å². The van der Waals surface area contributed by atoms with E-state index >= 15 is 0 Å². The molecule has 1 heterocycles. The summed E-state index contributed by atoms with van der Waals surface area (Å²) in [6.07, 6.45) is 12.4. The van der Waals surface area contributed by atoms with Gasteiger partial charge in [0.2, 0.25) is 0 Å². The Morgan fingerprint density at radius 2 is 1.59 bits per heavy atom. The van der Waals surface area contributed by atoms with Crippen LogP contribution in [0.5, 0.6) is 0 Å². The van der Waals surface area contributed by atoms with E-state index in [4.69, 9.17) is 0 Å². The average molecular weight is 321 g/mol. The number of anilines is 1. The minimum atomic E-state index is 0.0681. The second-order valence-electron chi connectivity index (χ2n) is 6.72. The second-order valence-corrected chi connectivity index (χ2v) is 7.72. The molecule has 0 radical (unpaired) electrons. The van der Waals surface area contributed by atoms with Crippen LogP contribution in [0.1, 0.15) is 79.6 Å². The first kappa shape index (κ1) is 15.8. The molecule has 2 aliphatic rings. The van der Waals surface area contributed by atoms with Gasteiger partial charge in [0.05, 0.1) is 5.69 Å². The number of nitrogens with one attached hydrogen (secondary N) is 2. The number of carbonyl (C=O) groups is 1. The Hall–Kier alpha value is -1.10. The highest BCUT2D eigenvalue weighted by molar-refractivity contribution is 7.17. The predicted molar refractivity (Wildman–Crippen MR) is 91.7 cm³/mol. The Morgan fingerprint density at radius 3 is 2.23 bits per heavy atom. The van der Waals surface area contributed by atoms with Gasteiger partial charge in [-0.25, -0.2) is 4.98 Å². The minimum absolute atomic E-state index is 0.0681. The lowest BCUT2D eigenvalue weighted by Gasteiger charge is -2.22. The maximum atomic E-state index is 12.5. The summed E-state index contributed by atoms with van der Waals surface area (Å²) in [5.41, 5.74) is 0.858. The van der Waals surface area contributed by atoms with Crippen molar-refractivity contribution in [3.05, 3.63) is 10.6 Å². The van der Waals surface area contributed by atoms with Crippen molar-refractivity contribution in [2.45, 2.75) is 83.2 Å². The quantitative estimate of drug-likeness (QED) is 0.871. The van der Waals surface area contributed by atoms with Gasteiger partial charge >= 0.3 is 0 Å². The van der Waals surface area contributed by atoms with E-state index in [0.29, 0.717) is 12.1 Å². The predicted octanol–water partition coefficient (Wildman–Crippen LogP) is 4.26. The van der Waals surface area contributed by atoms with E-state index in [0.717, 1.165) is 28.5 Å². The largest absolute Gasteiger partial charge is 0.359 e. The van der Waals surface area contributed by atoms with Crippen LogP contribution in [0.2, 0.25) is 0 Å². The van der Waals surface area contributed by atoms with E-state index in [2.05, 4.69) is 15.6 Å². The molecule has 22 heavy (non-hydrogen) atoms. The highest BCUT2D eigenvalue weighted by Crippen LogP contribution is 2.27. The highest BCUT2D eigenvalue weighted by Gasteiger charge is 2.21. The Kier molecular flexibility index (Phi) is 5.34. The van der Waals surface area contributed by atoms with Crippen LogP contribution >= 0.6 is 11.3 Å². The van der Waals surface area contributed by atoms with E-state index in [9.17, 15) is 4.79 Å². The summed E-state index contributed by atoms with van der Waals surface area (Å²) in [5, 5.41) is 7.64. The van der Waals surface area contributed by atoms with Gasteiger partial charge in [0.15, 0.2) is 5.13 Å². The van der Waals surface area contributed by atoms with Crippen molar-refractivity contribution >= 4 is 22.4 Å². The molecule has 2 saturated carbocycles. The Bertz CT molecular complexity index is 502. The third kappa shape index (κ3) is 4.00. The molecule has 1 aromatic rings. The topological polar surface area (TPSA) is 54.0 Å². The van der Waals surface area contributed by atoms with Gasteiger partial charge in [-0.15, -0.1) is 0 Å². The van der Waals surface area contributed by atoms with Gasteiger partial charge in [-0.1, -0.05) is 49.9 Å². The van der Waals surface area contributed by atoms with E-state index < -0.39 is 0 Å². The fourth-order valence-corrected chi connectivity index (χ4v) is 4.53. The van der Waals surface area contributed by atoms with Crippen molar-refractivity contribution < 1.29 is 4.79 Å². The van der Waals surface area contributed by atoms with Gasteiger partial charge in [0.1, 0.15) is 4.88 Å². The second kappa shape index (κ2) is 7.44. The van der Waals surface area contributed by atoms with E-state index in [1.807, 2.05) is 6.92 Å². The lowest BCUT2D eigenvalue weighted by atomic mass is 9.95. The van der Waals surface area contributed by atoms with Crippen molar-refractivity contribution in [1.29, 1.82) is 0 Å². The fraction of sp³-hybridized carbons (Fsp3) is 0.765. The number of thiazole rings is 1. The molecule has 4 nitrogen and oxygen atoms in total. The van der Waals surface area contributed by atoms with Gasteiger partial charge in [-0.3, -0.25) is 4.79 Å². The number of carbonyl (C=O) groups excluding carboxylic acids is 1. The van der Waals surface area contributed by atoms with Crippen LogP contribution in [0, 0.1) is 6.92 Å². The molecule has 0 aliphatic heterocycles. The van der Waals surface area contributed by atoms with Gasteiger partial charge in [-0.05, 0) is 32.6 Å². The van der Waals surface area contributed by atoms with Crippen molar-refractivity contribution in [3.63, 3.8) is 0 Å². The van der Waals surface area contributed by atoms with E-state index in [1.54, 1.807) is 0 Å². The molecule has 3 rings (SSSR count). The molecule has 122 valence electrons. The zero-order chi connectivity index (χ0) is 15.4. The first-order valence-corrected chi connectivity index (χ1v) is 9.59. The molecule has 2 fully saturated rings. The molecule has 1 amide bonds. The molecule has 0 atom stereocenters. The Labute approximate surface area is 137 Å². The molecule has 0 aromatic carbocycles. The molecular formula is C17H27N3OS. The molecular weight excluding hydrogens is 294 g/mol. The summed E-state index contributed by atoms with van der Waals surface area (Å²) < 4.78 is 0. The van der Waals surface area contributed by atoms with Crippen LogP contribution in [-0.4, -0.2) is 23.0 Å². The smallest absolute Gasteiger partial charge is 0.263 e. The molecule has 0 spiro atoms. The zero-order valence-corrected chi connectivity index (χ0v) is 14.3. The number of hydrogen-bond donors (Lipinski definition) is 2. The summed E-state index contributed by atoms with van der Waals surface area (Å²) in [7, 11) is 0. The highest BCUT2D eigenvalue weighted by atomic mass is 32.1. The Balaban J connectivity index is 1.59. The molecule has 0 saturated heterocycles.